The maximum absolute atomic E-state index is 12.6. The number of oxime groups is 1. The molecule has 1 aromatic rings. The first kappa shape index (κ1) is 25.7. The zero-order valence-corrected chi connectivity index (χ0v) is 19.6. The predicted octanol–water partition coefficient (Wildman–Crippen LogP) is 0.819. The Balaban J connectivity index is 1.68. The van der Waals surface area contributed by atoms with Crippen molar-refractivity contribution in [2.75, 3.05) is 12.4 Å². The second-order valence-electron chi connectivity index (χ2n) is 6.57. The monoisotopic (exact) mass is 554 g/mol. The average Bonchev–Trinajstić information content (AvgIpc) is 3.29. The molecule has 3 heterocycles. The normalized spacial score (nSPS) is 20.3. The Bertz CT molecular complexity index is 1100. The lowest BCUT2D eigenvalue weighted by atomic mass is 10.0. The summed E-state index contributed by atoms with van der Waals surface area (Å²) in [7, 11) is 0. The van der Waals surface area contributed by atoms with Crippen molar-refractivity contribution in [1.82, 2.24) is 15.5 Å². The summed E-state index contributed by atoms with van der Waals surface area (Å²) < 4.78 is 7.39. The van der Waals surface area contributed by atoms with Crippen molar-refractivity contribution in [1.29, 1.82) is 0 Å². The van der Waals surface area contributed by atoms with Gasteiger partial charge < -0.3 is 24.8 Å². The molecule has 4 amide bonds. The summed E-state index contributed by atoms with van der Waals surface area (Å²) in [5, 5.41) is 24.8. The first-order valence-electron chi connectivity index (χ1n) is 8.97. The number of rotatable bonds is 6. The number of nitrogens with one attached hydrogen (secondary N) is 2. The van der Waals surface area contributed by atoms with E-state index in [1.165, 1.54) is 18.4 Å². The molecule has 2 aliphatic rings. The van der Waals surface area contributed by atoms with Crippen molar-refractivity contribution in [3.8, 4) is 0 Å². The fourth-order valence-corrected chi connectivity index (χ4v) is 4.45. The van der Waals surface area contributed by atoms with Crippen LogP contribution in [0.3, 0.4) is 0 Å². The number of carbonyl (C=O) groups is 5. The predicted molar refractivity (Wildman–Crippen MR) is 116 cm³/mol. The number of β-lactam (4-membered cyclic amide) rings is 1. The van der Waals surface area contributed by atoms with E-state index in [1.807, 2.05) is 0 Å². The second-order valence-corrected chi connectivity index (χ2v) is 9.96. The summed E-state index contributed by atoms with van der Waals surface area (Å²) in [5.74, 6) is -4.46. The molecule has 3 rings (SSSR count). The van der Waals surface area contributed by atoms with Crippen LogP contribution in [0.5, 0.6) is 0 Å². The van der Waals surface area contributed by atoms with E-state index in [0.717, 1.165) is 16.7 Å². The fourth-order valence-electron chi connectivity index (χ4n) is 2.98. The van der Waals surface area contributed by atoms with Crippen LogP contribution >= 0.6 is 46.6 Å². The number of carboxylic acid groups (broad SMARTS) is 1. The van der Waals surface area contributed by atoms with Crippen molar-refractivity contribution in [3.63, 3.8) is 0 Å². The first-order chi connectivity index (χ1) is 16.0. The van der Waals surface area contributed by atoms with Crippen molar-refractivity contribution >= 4 is 82.1 Å². The zero-order chi connectivity index (χ0) is 25.2. The van der Waals surface area contributed by atoms with E-state index < -0.39 is 63.0 Å². The molecular weight excluding hydrogens is 543 g/mol. The van der Waals surface area contributed by atoms with Crippen LogP contribution in [0.25, 0.3) is 0 Å². The Kier molecular flexibility index (Phi) is 7.65. The summed E-state index contributed by atoms with van der Waals surface area (Å²) in [6.45, 7) is -0.582. The molecule has 0 radical (unpaired) electrons. The minimum atomic E-state index is -2.42. The summed E-state index contributed by atoms with van der Waals surface area (Å²) in [5.41, 5.74) is -0.867. The van der Waals surface area contributed by atoms with Gasteiger partial charge in [-0.25, -0.2) is 9.59 Å². The highest BCUT2D eigenvalue weighted by atomic mass is 35.6. The van der Waals surface area contributed by atoms with E-state index >= 15 is 0 Å². The fraction of sp³-hybridized carbons (Fsp3) is 0.294. The van der Waals surface area contributed by atoms with E-state index in [9.17, 15) is 29.1 Å². The first-order valence-corrected chi connectivity index (χ1v) is 11.2. The molecule has 2 atom stereocenters. The molecule has 34 heavy (non-hydrogen) atoms. The van der Waals surface area contributed by atoms with Gasteiger partial charge in [0.1, 0.15) is 23.7 Å². The molecule has 2 aliphatic heterocycles. The number of ether oxygens (including phenoxy) is 1. The van der Waals surface area contributed by atoms with Gasteiger partial charge in [0, 0.05) is 11.3 Å². The van der Waals surface area contributed by atoms with Gasteiger partial charge in [0.2, 0.25) is 5.71 Å². The molecule has 0 spiro atoms. The number of hydrogen-bond acceptors (Lipinski definition) is 10. The number of furan rings is 1. The number of alkyl carbamates (subject to hydrolysis) is 1. The zero-order valence-electron chi connectivity index (χ0n) is 16.5. The summed E-state index contributed by atoms with van der Waals surface area (Å²) in [4.78, 5) is 61.0. The van der Waals surface area contributed by atoms with Crippen molar-refractivity contribution < 1.29 is 43.4 Å². The summed E-state index contributed by atoms with van der Waals surface area (Å²) >= 11 is 17.1. The third-order valence-corrected chi connectivity index (χ3v) is 6.31. The van der Waals surface area contributed by atoms with Gasteiger partial charge in [-0.3, -0.25) is 24.6 Å². The third-order valence-electron chi connectivity index (χ3n) is 4.46. The number of thioether (sulfide) groups is 1. The van der Waals surface area contributed by atoms with Crippen molar-refractivity contribution in [2.45, 2.75) is 15.2 Å². The van der Waals surface area contributed by atoms with Crippen LogP contribution in [0, 0.1) is 0 Å². The van der Waals surface area contributed by atoms with Gasteiger partial charge in [-0.05, 0) is 12.1 Å². The Hall–Kier alpha value is -2.94. The number of hydrogen-bond donors (Lipinski definition) is 4. The third kappa shape index (κ3) is 5.24. The molecule has 0 aromatic carbocycles. The molecule has 182 valence electrons. The lowest BCUT2D eigenvalue weighted by Crippen LogP contribution is -2.71. The molecule has 0 bridgehead atoms. The van der Waals surface area contributed by atoms with Gasteiger partial charge in [0.25, 0.3) is 21.5 Å². The highest BCUT2D eigenvalue weighted by molar-refractivity contribution is 8.00. The number of halogens is 3. The number of carbonyl (C=O) groups excluding carboxylic acids is 4. The Labute approximate surface area is 209 Å². The van der Waals surface area contributed by atoms with Gasteiger partial charge in [-0.1, -0.05) is 40.0 Å². The van der Waals surface area contributed by atoms with Crippen LogP contribution in [0.4, 0.5) is 4.79 Å². The van der Waals surface area contributed by atoms with Crippen LogP contribution in [0.1, 0.15) is 5.76 Å². The second kappa shape index (κ2) is 10.1. The maximum atomic E-state index is 12.6. The van der Waals surface area contributed by atoms with Crippen LogP contribution in [-0.2, 0) is 23.9 Å². The average molecular weight is 556 g/mol. The number of alkyl halides is 3. The minimum Gasteiger partial charge on any atom is -0.477 e. The van der Waals surface area contributed by atoms with E-state index in [0.29, 0.717) is 0 Å². The Morgan fingerprint density at radius 3 is 2.59 bits per heavy atom. The number of nitrogens with zero attached hydrogens (tertiary/aromatic N) is 2. The molecule has 0 unspecified atom stereocenters. The molecule has 1 fully saturated rings. The Morgan fingerprint density at radius 1 is 1.32 bits per heavy atom. The topological polar surface area (TPSA) is 188 Å². The standard InChI is InChI=1S/C17H13Cl3N4O9S/c18-17(19,20)15(29)22-16(30)33-4-6-5-34-13-9(12(26)24(13)10(6)14(27)28)21-11(25)8(23-31)7-2-1-3-32-7/h1-3,9,13,31H,4-5H2,(H,21,25)(H,27,28)(H,22,29,30)/b23-8+/t9-,13-/m1/s1. The van der Waals surface area contributed by atoms with E-state index in [1.54, 1.807) is 5.32 Å². The van der Waals surface area contributed by atoms with Crippen LogP contribution in [0.2, 0.25) is 0 Å². The van der Waals surface area contributed by atoms with Gasteiger partial charge in [-0.2, -0.15) is 0 Å². The molecule has 0 aliphatic carbocycles. The maximum Gasteiger partial charge on any atom is 0.414 e. The van der Waals surface area contributed by atoms with Gasteiger partial charge in [0.05, 0.1) is 6.26 Å². The van der Waals surface area contributed by atoms with Gasteiger partial charge in [0.15, 0.2) is 5.76 Å². The highest BCUT2D eigenvalue weighted by Gasteiger charge is 2.54. The van der Waals surface area contributed by atoms with Gasteiger partial charge in [-0.15, -0.1) is 11.8 Å². The number of fused-ring (bicyclic) bond motifs is 1. The van der Waals surface area contributed by atoms with Crippen LogP contribution < -0.4 is 10.6 Å². The number of aliphatic carboxylic acids is 1. The van der Waals surface area contributed by atoms with Crippen LogP contribution in [-0.4, -0.2) is 78.3 Å². The quantitative estimate of drug-likeness (QED) is 0.129. The smallest absolute Gasteiger partial charge is 0.414 e. The number of carboxylic acids is 1. The number of imide groups is 1. The molecule has 13 nitrogen and oxygen atoms in total. The van der Waals surface area contributed by atoms with E-state index in [4.69, 9.17) is 49.2 Å². The SMILES string of the molecule is O=C(NC(=O)C(Cl)(Cl)Cl)OCC1=C(C(=O)O)N2C(=O)[C@@H](NC(=O)/C(=N/O)c3ccco3)[C@H]2SC1. The largest absolute Gasteiger partial charge is 0.477 e. The van der Waals surface area contributed by atoms with Gasteiger partial charge >= 0.3 is 12.1 Å². The minimum absolute atomic E-state index is 0.00721. The molecule has 1 aromatic heterocycles. The highest BCUT2D eigenvalue weighted by Crippen LogP contribution is 2.40. The molecule has 0 saturated carbocycles. The number of amides is 4. The molecule has 17 heteroatoms. The summed E-state index contributed by atoms with van der Waals surface area (Å²) in [6.07, 6.45) is -0.0446. The van der Waals surface area contributed by atoms with Crippen molar-refractivity contribution in [3.05, 3.63) is 35.4 Å². The van der Waals surface area contributed by atoms with Crippen molar-refractivity contribution in [2.24, 2.45) is 5.16 Å². The Morgan fingerprint density at radius 2 is 2.03 bits per heavy atom. The molecule has 4 N–H and O–H groups in total. The van der Waals surface area contributed by atoms with E-state index in [-0.39, 0.29) is 17.1 Å². The summed E-state index contributed by atoms with van der Waals surface area (Å²) in [6, 6.07) is 1.71. The lowest BCUT2D eigenvalue weighted by Gasteiger charge is -2.49. The van der Waals surface area contributed by atoms with Crippen LogP contribution in [0.15, 0.2) is 39.2 Å². The molecule has 1 saturated heterocycles. The molecular formula is C17H13Cl3N4O9S. The lowest BCUT2D eigenvalue weighted by molar-refractivity contribution is -0.150. The van der Waals surface area contributed by atoms with E-state index in [2.05, 4.69) is 10.5 Å².